The third-order valence-corrected chi connectivity index (χ3v) is 4.86. The zero-order chi connectivity index (χ0) is 19.1. The molecule has 0 radical (unpaired) electrons. The molecule has 0 saturated carbocycles. The Morgan fingerprint density at radius 3 is 2.59 bits per heavy atom. The molecule has 1 aromatic carbocycles. The summed E-state index contributed by atoms with van der Waals surface area (Å²) in [7, 11) is 0. The normalized spacial score (nSPS) is 13.9. The third-order valence-electron chi connectivity index (χ3n) is 4.86. The lowest BCUT2D eigenvalue weighted by Gasteiger charge is -2.29. The van der Waals surface area contributed by atoms with Crippen LogP contribution in [0.4, 0.5) is 10.2 Å². The molecule has 1 amide bonds. The molecular weight excluding hydrogens is 345 g/mol. The molecule has 0 aliphatic carbocycles. The maximum Gasteiger partial charge on any atom is 0.259 e. The van der Waals surface area contributed by atoms with E-state index in [-0.39, 0.29) is 17.8 Å². The van der Waals surface area contributed by atoms with Gasteiger partial charge in [-0.3, -0.25) is 14.4 Å². The first-order valence-corrected chi connectivity index (χ1v) is 9.16. The zero-order valence-corrected chi connectivity index (χ0v) is 15.7. The van der Waals surface area contributed by atoms with Crippen LogP contribution in [0.1, 0.15) is 42.4 Å². The lowest BCUT2D eigenvalue weighted by Crippen LogP contribution is -2.38. The fourth-order valence-electron chi connectivity index (χ4n) is 3.65. The van der Waals surface area contributed by atoms with Gasteiger partial charge in [0.15, 0.2) is 0 Å². The van der Waals surface area contributed by atoms with Crippen molar-refractivity contribution in [1.29, 1.82) is 0 Å². The molecule has 4 rings (SSSR count). The Morgan fingerprint density at radius 1 is 1.15 bits per heavy atom. The topological polar surface area (TPSA) is 56.0 Å². The lowest BCUT2D eigenvalue weighted by atomic mass is 10.1. The Bertz CT molecular complexity index is 986. The summed E-state index contributed by atoms with van der Waals surface area (Å²) >= 11 is 0. The monoisotopic (exact) mass is 367 g/mol. The molecule has 0 unspecified atom stereocenters. The quantitative estimate of drug-likeness (QED) is 0.707. The van der Waals surface area contributed by atoms with Crippen molar-refractivity contribution in [3.8, 4) is 11.3 Å². The first-order chi connectivity index (χ1) is 13.0. The fraction of sp³-hybridized carbons (Fsp3) is 0.350. The van der Waals surface area contributed by atoms with Crippen LogP contribution < -0.4 is 4.90 Å². The largest absolute Gasteiger partial charge is 0.292 e. The highest BCUT2D eigenvalue weighted by molar-refractivity contribution is 6.07. The minimum atomic E-state index is -0.354. The van der Waals surface area contributed by atoms with Crippen molar-refractivity contribution in [3.63, 3.8) is 0 Å². The van der Waals surface area contributed by atoms with Gasteiger partial charge >= 0.3 is 0 Å². The highest BCUT2D eigenvalue weighted by Crippen LogP contribution is 2.37. The minimum Gasteiger partial charge on any atom is -0.292 e. The molecule has 1 aliphatic heterocycles. The van der Waals surface area contributed by atoms with Gasteiger partial charge in [0, 0.05) is 30.9 Å². The van der Waals surface area contributed by atoms with Gasteiger partial charge in [0.2, 0.25) is 0 Å². The predicted molar refractivity (Wildman–Crippen MR) is 101 cm³/mol. The maximum absolute atomic E-state index is 13.3. The number of hydrogen-bond donors (Lipinski definition) is 0. The second-order valence-corrected chi connectivity index (χ2v) is 7.08. The molecule has 0 saturated heterocycles. The standard InChI is InChI=1S/C20H22FN5O/c1-13(2)26-17(9-10-22-26)18-14(3)23-25-12-4-11-24(19(18)25)20(27)15-5-7-16(21)8-6-15/h5-10,13H,4,11-12H2,1-3H3. The Morgan fingerprint density at radius 2 is 1.89 bits per heavy atom. The van der Waals surface area contributed by atoms with Crippen molar-refractivity contribution in [2.24, 2.45) is 0 Å². The average molecular weight is 367 g/mol. The number of amides is 1. The Labute approximate surface area is 157 Å². The van der Waals surface area contributed by atoms with Crippen LogP contribution >= 0.6 is 0 Å². The molecule has 2 aromatic heterocycles. The van der Waals surface area contributed by atoms with Gasteiger partial charge in [-0.2, -0.15) is 10.2 Å². The molecule has 27 heavy (non-hydrogen) atoms. The van der Waals surface area contributed by atoms with Crippen LogP contribution in [-0.2, 0) is 6.54 Å². The summed E-state index contributed by atoms with van der Waals surface area (Å²) in [6.45, 7) is 7.47. The summed E-state index contributed by atoms with van der Waals surface area (Å²) in [6, 6.07) is 7.83. The Balaban J connectivity index is 1.84. The summed E-state index contributed by atoms with van der Waals surface area (Å²) in [5, 5.41) is 9.10. The zero-order valence-electron chi connectivity index (χ0n) is 15.7. The number of carbonyl (C=O) groups excluding carboxylic acids is 1. The average Bonchev–Trinajstić information content (AvgIpc) is 3.24. The lowest BCUT2D eigenvalue weighted by molar-refractivity contribution is 0.0981. The van der Waals surface area contributed by atoms with Crippen LogP contribution in [0, 0.1) is 12.7 Å². The molecule has 140 valence electrons. The van der Waals surface area contributed by atoms with E-state index in [0.717, 1.165) is 35.7 Å². The van der Waals surface area contributed by atoms with Gasteiger partial charge in [0.05, 0.1) is 17.0 Å². The number of benzene rings is 1. The summed E-state index contributed by atoms with van der Waals surface area (Å²) < 4.78 is 17.1. The molecule has 6 nitrogen and oxygen atoms in total. The molecule has 0 bridgehead atoms. The SMILES string of the molecule is Cc1nn2c(c1-c1ccnn1C(C)C)N(C(=O)c1ccc(F)cc1)CCC2. The second-order valence-electron chi connectivity index (χ2n) is 7.08. The number of hydrogen-bond acceptors (Lipinski definition) is 3. The molecule has 7 heteroatoms. The van der Waals surface area contributed by atoms with Gasteiger partial charge in [0.1, 0.15) is 11.6 Å². The van der Waals surface area contributed by atoms with E-state index in [1.807, 2.05) is 22.4 Å². The van der Waals surface area contributed by atoms with E-state index in [2.05, 4.69) is 24.0 Å². The van der Waals surface area contributed by atoms with E-state index in [1.54, 1.807) is 11.1 Å². The van der Waals surface area contributed by atoms with Crippen molar-refractivity contribution in [2.75, 3.05) is 11.4 Å². The number of aryl methyl sites for hydroxylation is 2. The van der Waals surface area contributed by atoms with Gasteiger partial charge in [-0.15, -0.1) is 0 Å². The second kappa shape index (κ2) is 6.64. The van der Waals surface area contributed by atoms with E-state index in [9.17, 15) is 9.18 Å². The predicted octanol–water partition coefficient (Wildman–Crippen LogP) is 3.83. The Hall–Kier alpha value is -2.96. The third kappa shape index (κ3) is 2.93. The molecular formula is C20H22FN5O. The molecule has 1 aliphatic rings. The van der Waals surface area contributed by atoms with Gasteiger partial charge in [-0.05, 0) is 57.5 Å². The molecule has 0 spiro atoms. The highest BCUT2D eigenvalue weighted by Gasteiger charge is 2.31. The van der Waals surface area contributed by atoms with E-state index < -0.39 is 0 Å². The minimum absolute atomic E-state index is 0.146. The van der Waals surface area contributed by atoms with Crippen LogP contribution in [0.25, 0.3) is 11.3 Å². The van der Waals surface area contributed by atoms with Crippen molar-refractivity contribution >= 4 is 11.7 Å². The van der Waals surface area contributed by atoms with Crippen LogP contribution in [0.15, 0.2) is 36.5 Å². The number of anilines is 1. The summed E-state index contributed by atoms with van der Waals surface area (Å²) in [6.07, 6.45) is 2.59. The molecule has 3 heterocycles. The smallest absolute Gasteiger partial charge is 0.259 e. The maximum atomic E-state index is 13.3. The van der Waals surface area contributed by atoms with Gasteiger partial charge in [-0.1, -0.05) is 0 Å². The van der Waals surface area contributed by atoms with Gasteiger partial charge in [0.25, 0.3) is 5.91 Å². The fourth-order valence-corrected chi connectivity index (χ4v) is 3.65. The molecule has 0 N–H and O–H groups in total. The van der Waals surface area contributed by atoms with E-state index in [0.29, 0.717) is 12.1 Å². The highest BCUT2D eigenvalue weighted by atomic mass is 19.1. The molecule has 0 atom stereocenters. The number of carbonyl (C=O) groups is 1. The first-order valence-electron chi connectivity index (χ1n) is 9.16. The van der Waals surface area contributed by atoms with E-state index in [1.165, 1.54) is 24.3 Å². The summed E-state index contributed by atoms with van der Waals surface area (Å²) in [4.78, 5) is 14.9. The van der Waals surface area contributed by atoms with Crippen molar-refractivity contribution in [2.45, 2.75) is 39.8 Å². The number of nitrogens with zero attached hydrogens (tertiary/aromatic N) is 5. The number of aromatic nitrogens is 4. The van der Waals surface area contributed by atoms with Crippen molar-refractivity contribution in [1.82, 2.24) is 19.6 Å². The van der Waals surface area contributed by atoms with Gasteiger partial charge in [-0.25, -0.2) is 9.07 Å². The van der Waals surface area contributed by atoms with Crippen LogP contribution in [-0.4, -0.2) is 32.0 Å². The van der Waals surface area contributed by atoms with Crippen LogP contribution in [0.5, 0.6) is 0 Å². The van der Waals surface area contributed by atoms with Crippen molar-refractivity contribution in [3.05, 3.63) is 53.6 Å². The summed E-state index contributed by atoms with van der Waals surface area (Å²) in [5.74, 6) is 0.288. The Kier molecular flexibility index (Phi) is 4.30. The first kappa shape index (κ1) is 17.5. The van der Waals surface area contributed by atoms with Crippen LogP contribution in [0.2, 0.25) is 0 Å². The number of rotatable bonds is 3. The van der Waals surface area contributed by atoms with E-state index >= 15 is 0 Å². The van der Waals surface area contributed by atoms with Gasteiger partial charge < -0.3 is 0 Å². The number of fused-ring (bicyclic) bond motifs is 1. The molecule has 3 aromatic rings. The number of halogens is 1. The van der Waals surface area contributed by atoms with E-state index in [4.69, 9.17) is 0 Å². The molecule has 0 fully saturated rings. The van der Waals surface area contributed by atoms with Crippen molar-refractivity contribution < 1.29 is 9.18 Å². The summed E-state index contributed by atoms with van der Waals surface area (Å²) in [5.41, 5.74) is 3.21. The van der Waals surface area contributed by atoms with Crippen LogP contribution in [0.3, 0.4) is 0 Å².